The Hall–Kier alpha value is 0.704. The van der Waals surface area contributed by atoms with E-state index in [9.17, 15) is 0 Å². The molecule has 0 radical (unpaired) electrons. The van der Waals surface area contributed by atoms with Gasteiger partial charge in [-0.15, -0.1) is 0 Å². The van der Waals surface area contributed by atoms with Crippen LogP contribution < -0.4 is 0 Å². The standard InChI is InChI=1S/C20H46O2SSi2/c1-11-13-15-21-25(10,22-16-14-12-2)18-20(6,7)17-23-24(8,9)19(3,4)5/h11-18H2,1-10H3. The molecule has 0 heterocycles. The molecule has 0 aliphatic carbocycles. The summed E-state index contributed by atoms with van der Waals surface area (Å²) in [4.78, 5) is 0. The van der Waals surface area contributed by atoms with Crippen LogP contribution in [-0.4, -0.2) is 34.8 Å². The van der Waals surface area contributed by atoms with Crippen LogP contribution in [0.1, 0.15) is 74.1 Å². The van der Waals surface area contributed by atoms with Gasteiger partial charge in [0.25, 0.3) is 0 Å². The topological polar surface area (TPSA) is 18.5 Å². The summed E-state index contributed by atoms with van der Waals surface area (Å²) in [6.07, 6.45) is 4.64. The third kappa shape index (κ3) is 10.6. The number of unbranched alkanes of at least 4 members (excludes halogenated alkanes) is 2. The maximum atomic E-state index is 6.37. The fourth-order valence-electron chi connectivity index (χ4n) is 2.52. The Balaban J connectivity index is 4.86. The van der Waals surface area contributed by atoms with E-state index in [0.717, 1.165) is 32.1 Å². The Morgan fingerprint density at radius 1 is 0.800 bits per heavy atom. The first kappa shape index (κ1) is 25.7. The highest BCUT2D eigenvalue weighted by Crippen LogP contribution is 2.46. The van der Waals surface area contributed by atoms with Gasteiger partial charge in [-0.05, 0) is 41.6 Å². The van der Waals surface area contributed by atoms with Gasteiger partial charge in [0.2, 0.25) is 0 Å². The molecule has 0 aliphatic heterocycles. The van der Waals surface area contributed by atoms with Crippen molar-refractivity contribution in [3.8, 4) is 0 Å². The summed E-state index contributed by atoms with van der Waals surface area (Å²) < 4.78 is 12.7. The SMILES string of the molecule is CCCCO[Si](C)(CC(C)(C)CS[Si](C)(C)C(C)(C)C)OCCCC. The van der Waals surface area contributed by atoms with Crippen LogP contribution in [0.2, 0.25) is 30.7 Å². The molecule has 0 spiro atoms. The molecule has 0 unspecified atom stereocenters. The van der Waals surface area contributed by atoms with Crippen molar-refractivity contribution in [2.45, 2.75) is 105 Å². The molecule has 0 atom stereocenters. The molecule has 0 rings (SSSR count). The summed E-state index contributed by atoms with van der Waals surface area (Å²) in [5, 5.41) is 0.434. The van der Waals surface area contributed by atoms with Crippen LogP contribution in [0.3, 0.4) is 0 Å². The van der Waals surface area contributed by atoms with Crippen molar-refractivity contribution in [2.24, 2.45) is 5.41 Å². The highest BCUT2D eigenvalue weighted by Gasteiger charge is 2.41. The molecule has 0 saturated heterocycles. The second kappa shape index (κ2) is 10.9. The Bertz CT molecular complexity index is 355. The lowest BCUT2D eigenvalue weighted by Crippen LogP contribution is -2.44. The van der Waals surface area contributed by atoms with E-state index in [-0.39, 0.29) is 5.41 Å². The van der Waals surface area contributed by atoms with Crippen molar-refractivity contribution < 1.29 is 8.85 Å². The summed E-state index contributed by atoms with van der Waals surface area (Å²) in [6, 6.07) is 1.09. The van der Waals surface area contributed by atoms with Crippen LogP contribution >= 0.6 is 11.2 Å². The van der Waals surface area contributed by atoms with Crippen LogP contribution in [0.5, 0.6) is 0 Å². The molecular formula is C20H46O2SSi2. The highest BCUT2D eigenvalue weighted by molar-refractivity contribution is 8.29. The van der Waals surface area contributed by atoms with E-state index < -0.39 is 15.8 Å². The normalized spacial score (nSPS) is 14.2. The van der Waals surface area contributed by atoms with Gasteiger partial charge in [0, 0.05) is 13.2 Å². The Morgan fingerprint density at radius 2 is 1.24 bits per heavy atom. The Kier molecular flexibility index (Phi) is 11.2. The van der Waals surface area contributed by atoms with E-state index in [4.69, 9.17) is 8.85 Å². The monoisotopic (exact) mass is 406 g/mol. The van der Waals surface area contributed by atoms with E-state index in [1.165, 1.54) is 18.6 Å². The van der Waals surface area contributed by atoms with Crippen LogP contribution in [0.4, 0.5) is 0 Å². The molecule has 0 aliphatic rings. The minimum absolute atomic E-state index is 0.263. The Morgan fingerprint density at radius 3 is 1.60 bits per heavy atom. The Labute approximate surface area is 165 Å². The average molecular weight is 407 g/mol. The van der Waals surface area contributed by atoms with Gasteiger partial charge < -0.3 is 8.85 Å². The minimum atomic E-state index is -2.10. The molecule has 0 N–H and O–H groups in total. The number of hydrogen-bond acceptors (Lipinski definition) is 3. The second-order valence-electron chi connectivity index (χ2n) is 9.93. The van der Waals surface area contributed by atoms with E-state index in [1.807, 2.05) is 0 Å². The molecule has 0 fully saturated rings. The van der Waals surface area contributed by atoms with Crippen molar-refractivity contribution in [1.29, 1.82) is 0 Å². The summed E-state index contributed by atoms with van der Waals surface area (Å²) in [7, 11) is -3.40. The van der Waals surface area contributed by atoms with Gasteiger partial charge in [-0.1, -0.05) is 74.4 Å². The number of rotatable bonds is 13. The van der Waals surface area contributed by atoms with Gasteiger partial charge in [0.05, 0.1) is 0 Å². The molecule has 0 aromatic heterocycles. The fourth-order valence-corrected chi connectivity index (χ4v) is 10.8. The molecular weight excluding hydrogens is 360 g/mol. The van der Waals surface area contributed by atoms with Crippen molar-refractivity contribution in [1.82, 2.24) is 0 Å². The predicted molar refractivity (Wildman–Crippen MR) is 122 cm³/mol. The first-order chi connectivity index (χ1) is 11.3. The summed E-state index contributed by atoms with van der Waals surface area (Å²) in [6.45, 7) is 25.5. The molecule has 0 aromatic carbocycles. The van der Waals surface area contributed by atoms with Crippen molar-refractivity contribution >= 4 is 27.0 Å². The number of hydrogen-bond donors (Lipinski definition) is 0. The molecule has 0 aromatic rings. The van der Waals surface area contributed by atoms with Gasteiger partial charge in [-0.2, -0.15) is 11.2 Å². The second-order valence-corrected chi connectivity index (χ2v) is 22.2. The largest absolute Gasteiger partial charge is 0.394 e. The maximum absolute atomic E-state index is 6.37. The van der Waals surface area contributed by atoms with Crippen LogP contribution in [0, 0.1) is 5.41 Å². The van der Waals surface area contributed by atoms with Crippen molar-refractivity contribution in [2.75, 3.05) is 19.0 Å². The zero-order valence-electron chi connectivity index (χ0n) is 18.9. The average Bonchev–Trinajstić information content (AvgIpc) is 2.44. The maximum Gasteiger partial charge on any atom is 0.335 e. The van der Waals surface area contributed by atoms with E-state index >= 15 is 0 Å². The van der Waals surface area contributed by atoms with Crippen LogP contribution in [0.15, 0.2) is 0 Å². The quantitative estimate of drug-likeness (QED) is 0.233. The summed E-state index contributed by atoms with van der Waals surface area (Å²) in [5.41, 5.74) is 0.263. The fraction of sp³-hybridized carbons (Fsp3) is 1.00. The van der Waals surface area contributed by atoms with Gasteiger partial charge in [-0.25, -0.2) is 0 Å². The van der Waals surface area contributed by atoms with Crippen LogP contribution in [0.25, 0.3) is 0 Å². The van der Waals surface area contributed by atoms with Gasteiger partial charge >= 0.3 is 8.56 Å². The zero-order valence-corrected chi connectivity index (χ0v) is 21.7. The first-order valence-electron chi connectivity index (χ1n) is 10.2. The molecule has 152 valence electrons. The third-order valence-electron chi connectivity index (χ3n) is 5.24. The van der Waals surface area contributed by atoms with Gasteiger partial charge in [0.15, 0.2) is 0 Å². The van der Waals surface area contributed by atoms with E-state index in [0.29, 0.717) is 5.04 Å². The smallest absolute Gasteiger partial charge is 0.335 e. The summed E-state index contributed by atoms with van der Waals surface area (Å²) >= 11 is 2.24. The molecule has 0 saturated carbocycles. The van der Waals surface area contributed by atoms with E-state index in [2.05, 4.69) is 79.3 Å². The van der Waals surface area contributed by atoms with Crippen molar-refractivity contribution in [3.63, 3.8) is 0 Å². The lowest BCUT2D eigenvalue weighted by Gasteiger charge is -2.40. The molecule has 25 heavy (non-hydrogen) atoms. The lowest BCUT2D eigenvalue weighted by atomic mass is 10.00. The molecule has 0 amide bonds. The van der Waals surface area contributed by atoms with E-state index in [1.54, 1.807) is 0 Å². The zero-order chi connectivity index (χ0) is 19.8. The van der Waals surface area contributed by atoms with Crippen molar-refractivity contribution in [3.05, 3.63) is 0 Å². The molecule has 5 heteroatoms. The minimum Gasteiger partial charge on any atom is -0.394 e. The molecule has 0 bridgehead atoms. The molecule has 2 nitrogen and oxygen atoms in total. The summed E-state index contributed by atoms with van der Waals surface area (Å²) in [5.74, 6) is 1.21. The van der Waals surface area contributed by atoms with Crippen LogP contribution in [-0.2, 0) is 8.85 Å². The highest BCUT2D eigenvalue weighted by atomic mass is 32.4. The third-order valence-corrected chi connectivity index (χ3v) is 18.2. The first-order valence-corrected chi connectivity index (χ1v) is 17.4. The van der Waals surface area contributed by atoms with Gasteiger partial charge in [-0.3, -0.25) is 0 Å². The lowest BCUT2D eigenvalue weighted by molar-refractivity contribution is 0.159. The predicted octanol–water partition coefficient (Wildman–Crippen LogP) is 7.46. The van der Waals surface area contributed by atoms with Gasteiger partial charge in [0.1, 0.15) is 7.22 Å².